The molecule has 0 aliphatic carbocycles. The van der Waals surface area contributed by atoms with Crippen molar-refractivity contribution in [1.29, 1.82) is 0 Å². The molecule has 0 radical (unpaired) electrons. The fourth-order valence-electron chi connectivity index (χ4n) is 2.13. The molecule has 0 unspecified atom stereocenters. The SMILES string of the molecule is CCc1nc(-c2cncc3ccccc23)cc(=O)[nH]1. The molecule has 0 fully saturated rings. The lowest BCUT2D eigenvalue weighted by molar-refractivity contribution is 0.924. The van der Waals surface area contributed by atoms with Crippen molar-refractivity contribution in [1.82, 2.24) is 15.0 Å². The summed E-state index contributed by atoms with van der Waals surface area (Å²) in [4.78, 5) is 23.1. The lowest BCUT2D eigenvalue weighted by Gasteiger charge is -2.06. The lowest BCUT2D eigenvalue weighted by Crippen LogP contribution is -2.10. The normalized spacial score (nSPS) is 10.8. The lowest BCUT2D eigenvalue weighted by atomic mass is 10.1. The Labute approximate surface area is 110 Å². The van der Waals surface area contributed by atoms with Gasteiger partial charge in [-0.2, -0.15) is 0 Å². The fourth-order valence-corrected chi connectivity index (χ4v) is 2.13. The number of benzene rings is 1. The molecule has 0 atom stereocenters. The number of fused-ring (bicyclic) bond motifs is 1. The van der Waals surface area contributed by atoms with Gasteiger partial charge in [-0.1, -0.05) is 31.2 Å². The number of nitrogens with one attached hydrogen (secondary N) is 1. The van der Waals surface area contributed by atoms with Crippen LogP contribution in [0.1, 0.15) is 12.7 Å². The van der Waals surface area contributed by atoms with Crippen molar-refractivity contribution in [3.8, 4) is 11.3 Å². The van der Waals surface area contributed by atoms with Gasteiger partial charge < -0.3 is 4.98 Å². The van der Waals surface area contributed by atoms with Crippen LogP contribution in [0.25, 0.3) is 22.0 Å². The fraction of sp³-hybridized carbons (Fsp3) is 0.133. The van der Waals surface area contributed by atoms with Crippen molar-refractivity contribution in [2.24, 2.45) is 0 Å². The van der Waals surface area contributed by atoms with Gasteiger partial charge in [0.1, 0.15) is 5.82 Å². The van der Waals surface area contributed by atoms with Gasteiger partial charge in [0.15, 0.2) is 0 Å². The summed E-state index contributed by atoms with van der Waals surface area (Å²) in [5.41, 5.74) is 1.43. The van der Waals surface area contributed by atoms with E-state index in [9.17, 15) is 4.79 Å². The summed E-state index contributed by atoms with van der Waals surface area (Å²) in [6.07, 6.45) is 4.26. The van der Waals surface area contributed by atoms with Crippen molar-refractivity contribution in [2.75, 3.05) is 0 Å². The summed E-state index contributed by atoms with van der Waals surface area (Å²) in [6.45, 7) is 1.96. The standard InChI is InChI=1S/C15H13N3O/c1-2-14-17-13(7-15(19)18-14)12-9-16-8-10-5-3-4-6-11(10)12/h3-9H,2H2,1H3,(H,17,18,19). The molecular formula is C15H13N3O. The monoisotopic (exact) mass is 251 g/mol. The Morgan fingerprint density at radius 3 is 2.89 bits per heavy atom. The van der Waals surface area contributed by atoms with E-state index < -0.39 is 0 Å². The first-order valence-electron chi connectivity index (χ1n) is 6.21. The largest absolute Gasteiger partial charge is 0.311 e. The van der Waals surface area contributed by atoms with Crippen molar-refractivity contribution >= 4 is 10.8 Å². The third kappa shape index (κ3) is 2.12. The van der Waals surface area contributed by atoms with Crippen LogP contribution in [0, 0.1) is 0 Å². The van der Waals surface area contributed by atoms with Gasteiger partial charge in [0.05, 0.1) is 5.69 Å². The third-order valence-corrected chi connectivity index (χ3v) is 3.07. The average molecular weight is 251 g/mol. The Hall–Kier alpha value is -2.49. The third-order valence-electron chi connectivity index (χ3n) is 3.07. The highest BCUT2D eigenvalue weighted by Gasteiger charge is 2.07. The molecule has 0 saturated carbocycles. The Kier molecular flexibility index (Phi) is 2.83. The molecule has 0 saturated heterocycles. The van der Waals surface area contributed by atoms with E-state index in [1.165, 1.54) is 6.07 Å². The van der Waals surface area contributed by atoms with Gasteiger partial charge in [0, 0.05) is 35.8 Å². The van der Waals surface area contributed by atoms with Gasteiger partial charge in [0.2, 0.25) is 0 Å². The van der Waals surface area contributed by atoms with Gasteiger partial charge in [-0.15, -0.1) is 0 Å². The molecule has 0 bridgehead atoms. The van der Waals surface area contributed by atoms with Crippen LogP contribution in [0.5, 0.6) is 0 Å². The minimum absolute atomic E-state index is 0.130. The van der Waals surface area contributed by atoms with Crippen LogP contribution in [0.4, 0.5) is 0 Å². The molecule has 0 spiro atoms. The molecule has 1 aromatic carbocycles. The van der Waals surface area contributed by atoms with E-state index >= 15 is 0 Å². The summed E-state index contributed by atoms with van der Waals surface area (Å²) in [5, 5.41) is 2.10. The van der Waals surface area contributed by atoms with Crippen molar-refractivity contribution in [2.45, 2.75) is 13.3 Å². The molecule has 19 heavy (non-hydrogen) atoms. The second-order valence-electron chi connectivity index (χ2n) is 4.34. The van der Waals surface area contributed by atoms with Gasteiger partial charge in [-0.05, 0) is 5.39 Å². The van der Waals surface area contributed by atoms with Crippen LogP contribution in [0.15, 0.2) is 47.5 Å². The van der Waals surface area contributed by atoms with Crippen LogP contribution in [-0.2, 0) is 6.42 Å². The highest BCUT2D eigenvalue weighted by molar-refractivity contribution is 5.94. The smallest absolute Gasteiger partial charge is 0.251 e. The molecule has 3 aromatic rings. The molecule has 94 valence electrons. The number of aromatic amines is 1. The van der Waals surface area contributed by atoms with Crippen LogP contribution in [0.3, 0.4) is 0 Å². The summed E-state index contributed by atoms with van der Waals surface area (Å²) in [7, 11) is 0. The number of aryl methyl sites for hydroxylation is 1. The highest BCUT2D eigenvalue weighted by Crippen LogP contribution is 2.25. The van der Waals surface area contributed by atoms with E-state index in [1.807, 2.05) is 37.4 Å². The predicted octanol–water partition coefficient (Wildman–Crippen LogP) is 2.55. The number of hydrogen-bond acceptors (Lipinski definition) is 3. The maximum absolute atomic E-state index is 11.7. The van der Waals surface area contributed by atoms with Crippen LogP contribution >= 0.6 is 0 Å². The van der Waals surface area contributed by atoms with Gasteiger partial charge in [-0.25, -0.2) is 4.98 Å². The maximum atomic E-state index is 11.7. The van der Waals surface area contributed by atoms with E-state index in [-0.39, 0.29) is 5.56 Å². The summed E-state index contributed by atoms with van der Waals surface area (Å²) in [6, 6.07) is 9.47. The molecule has 4 nitrogen and oxygen atoms in total. The second kappa shape index (κ2) is 4.65. The number of aromatic nitrogens is 3. The minimum atomic E-state index is -0.130. The molecule has 0 aliphatic heterocycles. The zero-order valence-corrected chi connectivity index (χ0v) is 10.6. The summed E-state index contributed by atoms with van der Waals surface area (Å²) >= 11 is 0. The van der Waals surface area contributed by atoms with Crippen LogP contribution < -0.4 is 5.56 Å². The molecule has 3 rings (SSSR count). The molecule has 2 aromatic heterocycles. The topological polar surface area (TPSA) is 58.6 Å². The molecule has 0 amide bonds. The first kappa shape index (κ1) is 11.6. The molecule has 1 N–H and O–H groups in total. The minimum Gasteiger partial charge on any atom is -0.311 e. The number of pyridine rings is 1. The Bertz CT molecular complexity index is 787. The zero-order chi connectivity index (χ0) is 13.2. The van der Waals surface area contributed by atoms with Crippen LogP contribution in [0.2, 0.25) is 0 Å². The predicted molar refractivity (Wildman–Crippen MR) is 75.0 cm³/mol. The molecule has 0 aliphatic rings. The van der Waals surface area contributed by atoms with Gasteiger partial charge in [0.25, 0.3) is 5.56 Å². The number of hydrogen-bond donors (Lipinski definition) is 1. The van der Waals surface area contributed by atoms with Crippen molar-refractivity contribution < 1.29 is 0 Å². The van der Waals surface area contributed by atoms with E-state index in [1.54, 1.807) is 6.20 Å². The van der Waals surface area contributed by atoms with Crippen LogP contribution in [-0.4, -0.2) is 15.0 Å². The van der Waals surface area contributed by atoms with Gasteiger partial charge in [-0.3, -0.25) is 9.78 Å². The number of rotatable bonds is 2. The van der Waals surface area contributed by atoms with E-state index in [0.717, 1.165) is 16.3 Å². The highest BCUT2D eigenvalue weighted by atomic mass is 16.1. The number of nitrogens with zero attached hydrogens (tertiary/aromatic N) is 2. The van der Waals surface area contributed by atoms with E-state index in [0.29, 0.717) is 17.9 Å². The number of H-pyrrole nitrogens is 1. The first-order chi connectivity index (χ1) is 9.28. The average Bonchev–Trinajstić information content (AvgIpc) is 2.46. The van der Waals surface area contributed by atoms with E-state index in [4.69, 9.17) is 0 Å². The Morgan fingerprint density at radius 1 is 1.21 bits per heavy atom. The quantitative estimate of drug-likeness (QED) is 0.761. The van der Waals surface area contributed by atoms with Crippen molar-refractivity contribution in [3.05, 3.63) is 58.9 Å². The zero-order valence-electron chi connectivity index (χ0n) is 10.6. The summed E-state index contributed by atoms with van der Waals surface area (Å²) < 4.78 is 0. The Morgan fingerprint density at radius 2 is 2.05 bits per heavy atom. The molecule has 2 heterocycles. The Balaban J connectivity index is 2.30. The maximum Gasteiger partial charge on any atom is 0.251 e. The summed E-state index contributed by atoms with van der Waals surface area (Å²) in [5.74, 6) is 0.690. The molecule has 4 heteroatoms. The molecular weight excluding hydrogens is 238 g/mol. The van der Waals surface area contributed by atoms with Gasteiger partial charge >= 0.3 is 0 Å². The first-order valence-corrected chi connectivity index (χ1v) is 6.21. The van der Waals surface area contributed by atoms with E-state index in [2.05, 4.69) is 15.0 Å². The second-order valence-corrected chi connectivity index (χ2v) is 4.34. The van der Waals surface area contributed by atoms with Crippen molar-refractivity contribution in [3.63, 3.8) is 0 Å².